The van der Waals surface area contributed by atoms with Crippen molar-refractivity contribution in [2.75, 3.05) is 18.5 Å². The third-order valence-corrected chi connectivity index (χ3v) is 5.96. The molecule has 4 rings (SSSR count). The second kappa shape index (κ2) is 9.18. The fourth-order valence-corrected chi connectivity index (χ4v) is 3.92. The van der Waals surface area contributed by atoms with Gasteiger partial charge in [-0.25, -0.2) is 23.1 Å². The summed E-state index contributed by atoms with van der Waals surface area (Å²) >= 11 is 0. The van der Waals surface area contributed by atoms with E-state index in [1.807, 2.05) is 6.92 Å². The van der Waals surface area contributed by atoms with Crippen LogP contribution in [0.25, 0.3) is 0 Å². The smallest absolute Gasteiger partial charge is 0.266 e. The molecule has 1 aromatic carbocycles. The number of carbonyl (C=O) groups excluding carboxylic acids is 1. The maximum absolute atomic E-state index is 14.9. The SMILES string of the molecule is [B][C@](C)(Nc1nc(C)nc(CC(=O)NC2(C)CC2)c1C1OCCO1)c1cccc(C(F)F)c1F. The number of amides is 1. The van der Waals surface area contributed by atoms with Gasteiger partial charge in [-0.15, -0.1) is 0 Å². The van der Waals surface area contributed by atoms with Crippen molar-refractivity contribution in [3.8, 4) is 0 Å². The Balaban J connectivity index is 1.71. The number of halogens is 3. The molecule has 1 aromatic heterocycles. The number of hydrogen-bond acceptors (Lipinski definition) is 6. The van der Waals surface area contributed by atoms with Crippen LogP contribution in [0, 0.1) is 12.7 Å². The predicted octanol–water partition coefficient (Wildman–Crippen LogP) is 3.57. The molecule has 2 fully saturated rings. The number of aromatic nitrogens is 2. The highest BCUT2D eigenvalue weighted by Gasteiger charge is 2.39. The first-order chi connectivity index (χ1) is 16.0. The molecule has 180 valence electrons. The number of hydrogen-bond donors (Lipinski definition) is 2. The summed E-state index contributed by atoms with van der Waals surface area (Å²) < 4.78 is 52.7. The number of ether oxygens (including phenoxy) is 2. The Morgan fingerprint density at radius 3 is 2.59 bits per heavy atom. The highest BCUT2D eigenvalue weighted by Crippen LogP contribution is 2.37. The normalized spacial score (nSPS) is 19.1. The van der Waals surface area contributed by atoms with E-state index >= 15 is 0 Å². The van der Waals surface area contributed by atoms with E-state index in [0.29, 0.717) is 30.3 Å². The standard InChI is InChI=1S/C23H26BF3N4O3/c1-12-28-15(11-16(32)30-22(2)7-8-22)17(21-33-9-10-34-21)20(29-12)31-23(3,24)14-6-4-5-13(18(14)25)19(26)27/h4-6,19,21H,7-11H2,1-3H3,(H,30,32)(H,28,29,31)/t23-/m1/s1. The first-order valence-corrected chi connectivity index (χ1v) is 11.0. The molecule has 1 amide bonds. The van der Waals surface area contributed by atoms with Crippen molar-refractivity contribution in [2.45, 2.75) is 63.7 Å². The fourth-order valence-electron chi connectivity index (χ4n) is 3.92. The Kier molecular flexibility index (Phi) is 6.61. The molecule has 34 heavy (non-hydrogen) atoms. The van der Waals surface area contributed by atoms with E-state index < -0.39 is 29.5 Å². The average Bonchev–Trinajstić information content (AvgIpc) is 3.21. The van der Waals surface area contributed by atoms with Crippen molar-refractivity contribution in [1.29, 1.82) is 0 Å². The molecular weight excluding hydrogens is 448 g/mol. The first-order valence-electron chi connectivity index (χ1n) is 11.0. The zero-order valence-electron chi connectivity index (χ0n) is 19.3. The van der Waals surface area contributed by atoms with Crippen LogP contribution < -0.4 is 10.6 Å². The summed E-state index contributed by atoms with van der Waals surface area (Å²) in [6.07, 6.45) is -2.10. The number of rotatable bonds is 8. The van der Waals surface area contributed by atoms with E-state index in [4.69, 9.17) is 17.3 Å². The van der Waals surface area contributed by atoms with Gasteiger partial charge in [0.05, 0.1) is 36.5 Å². The second-order valence-corrected chi connectivity index (χ2v) is 9.18. The minimum absolute atomic E-state index is 0.0529. The van der Waals surface area contributed by atoms with Crippen LogP contribution in [0.15, 0.2) is 18.2 Å². The Bertz CT molecular complexity index is 1090. The Morgan fingerprint density at radius 2 is 1.97 bits per heavy atom. The topological polar surface area (TPSA) is 85.4 Å². The van der Waals surface area contributed by atoms with Gasteiger partial charge in [0.1, 0.15) is 25.3 Å². The summed E-state index contributed by atoms with van der Waals surface area (Å²) in [5.41, 5.74) is -2.01. The number of carbonyl (C=O) groups is 1. The highest BCUT2D eigenvalue weighted by atomic mass is 19.3. The van der Waals surface area contributed by atoms with Crippen LogP contribution in [0.5, 0.6) is 0 Å². The summed E-state index contributed by atoms with van der Waals surface area (Å²) in [7, 11) is 6.38. The zero-order chi connectivity index (χ0) is 24.7. The molecular formula is C23H26BF3N4O3. The molecule has 0 unspecified atom stereocenters. The van der Waals surface area contributed by atoms with Crippen molar-refractivity contribution < 1.29 is 27.4 Å². The van der Waals surface area contributed by atoms with Crippen molar-refractivity contribution in [3.05, 3.63) is 52.2 Å². The molecule has 0 spiro atoms. The molecule has 1 saturated carbocycles. The lowest BCUT2D eigenvalue weighted by molar-refractivity contribution is -0.121. The maximum atomic E-state index is 14.9. The number of alkyl halides is 2. The zero-order valence-corrected chi connectivity index (χ0v) is 19.3. The average molecular weight is 474 g/mol. The molecule has 1 saturated heterocycles. The van der Waals surface area contributed by atoms with E-state index in [2.05, 4.69) is 20.6 Å². The van der Waals surface area contributed by atoms with Crippen LogP contribution in [0.3, 0.4) is 0 Å². The largest absolute Gasteiger partial charge is 0.369 e. The van der Waals surface area contributed by atoms with Gasteiger partial charge >= 0.3 is 0 Å². The number of nitrogens with one attached hydrogen (secondary N) is 2. The first kappa shape index (κ1) is 24.5. The number of benzene rings is 1. The van der Waals surface area contributed by atoms with E-state index in [1.54, 1.807) is 6.92 Å². The summed E-state index contributed by atoms with van der Waals surface area (Å²) in [5, 5.41) is 5.94. The lowest BCUT2D eigenvalue weighted by atomic mass is 9.73. The van der Waals surface area contributed by atoms with Gasteiger partial charge in [0.15, 0.2) is 6.29 Å². The monoisotopic (exact) mass is 474 g/mol. The summed E-state index contributed by atoms with van der Waals surface area (Å²) in [4.78, 5) is 21.5. The molecule has 1 aliphatic carbocycles. The minimum atomic E-state index is -2.99. The summed E-state index contributed by atoms with van der Waals surface area (Å²) in [5.74, 6) is -0.809. The van der Waals surface area contributed by atoms with Crippen molar-refractivity contribution >= 4 is 19.6 Å². The van der Waals surface area contributed by atoms with Gasteiger partial charge in [-0.3, -0.25) is 4.79 Å². The molecule has 2 aliphatic rings. The number of aryl methyl sites for hydroxylation is 1. The molecule has 1 aliphatic heterocycles. The molecule has 2 heterocycles. The quantitative estimate of drug-likeness (QED) is 0.570. The van der Waals surface area contributed by atoms with Crippen molar-refractivity contribution in [1.82, 2.24) is 15.3 Å². The van der Waals surface area contributed by atoms with Gasteiger partial charge in [-0.05, 0) is 33.6 Å². The Labute approximate surface area is 197 Å². The molecule has 7 nitrogen and oxygen atoms in total. The van der Waals surface area contributed by atoms with Gasteiger partial charge in [0, 0.05) is 16.5 Å². The van der Waals surface area contributed by atoms with Gasteiger partial charge in [-0.2, -0.15) is 0 Å². The molecule has 1 atom stereocenters. The number of nitrogens with zero attached hydrogens (tertiary/aromatic N) is 2. The van der Waals surface area contributed by atoms with E-state index in [0.717, 1.165) is 18.9 Å². The van der Waals surface area contributed by atoms with Crippen LogP contribution in [0.2, 0.25) is 0 Å². The van der Waals surface area contributed by atoms with Gasteiger partial charge in [-0.1, -0.05) is 18.2 Å². The minimum Gasteiger partial charge on any atom is -0.369 e. The van der Waals surface area contributed by atoms with Crippen LogP contribution in [-0.4, -0.2) is 42.5 Å². The van der Waals surface area contributed by atoms with Crippen LogP contribution in [-0.2, 0) is 26.1 Å². The molecule has 0 bridgehead atoms. The molecule has 2 radical (unpaired) electrons. The van der Waals surface area contributed by atoms with Gasteiger partial charge < -0.3 is 20.1 Å². The second-order valence-electron chi connectivity index (χ2n) is 9.18. The molecule has 2 N–H and O–H groups in total. The maximum Gasteiger partial charge on any atom is 0.266 e. The lowest BCUT2D eigenvalue weighted by Crippen LogP contribution is -2.37. The Morgan fingerprint density at radius 1 is 1.29 bits per heavy atom. The van der Waals surface area contributed by atoms with Gasteiger partial charge in [0.25, 0.3) is 6.43 Å². The Hall–Kier alpha value is -2.66. The third-order valence-electron chi connectivity index (χ3n) is 5.96. The summed E-state index contributed by atoms with van der Waals surface area (Å²) in [6, 6.07) is 3.66. The van der Waals surface area contributed by atoms with Crippen molar-refractivity contribution in [3.63, 3.8) is 0 Å². The van der Waals surface area contributed by atoms with Crippen LogP contribution >= 0.6 is 0 Å². The van der Waals surface area contributed by atoms with E-state index in [-0.39, 0.29) is 29.2 Å². The highest BCUT2D eigenvalue weighted by molar-refractivity contribution is 6.17. The molecule has 11 heteroatoms. The van der Waals surface area contributed by atoms with E-state index in [9.17, 15) is 18.0 Å². The van der Waals surface area contributed by atoms with Crippen LogP contribution in [0.1, 0.15) is 67.6 Å². The van der Waals surface area contributed by atoms with E-state index in [1.165, 1.54) is 19.1 Å². The van der Waals surface area contributed by atoms with Crippen LogP contribution in [0.4, 0.5) is 19.0 Å². The fraction of sp³-hybridized carbons (Fsp3) is 0.522. The molecule has 2 aromatic rings. The third kappa shape index (κ3) is 5.20. The summed E-state index contributed by atoms with van der Waals surface area (Å²) in [6.45, 7) is 5.70. The van der Waals surface area contributed by atoms with Gasteiger partial charge in [0.2, 0.25) is 5.91 Å². The predicted molar refractivity (Wildman–Crippen MR) is 119 cm³/mol. The number of anilines is 1. The lowest BCUT2D eigenvalue weighted by Gasteiger charge is -2.31. The van der Waals surface area contributed by atoms with Crippen molar-refractivity contribution in [2.24, 2.45) is 0 Å².